The molecule has 23 heavy (non-hydrogen) atoms. The predicted molar refractivity (Wildman–Crippen MR) is 85.6 cm³/mol. The Morgan fingerprint density at radius 3 is 2.61 bits per heavy atom. The van der Waals surface area contributed by atoms with E-state index in [9.17, 15) is 19.5 Å². The fraction of sp³-hybridized carbons (Fsp3) is 0.438. The molecule has 1 aromatic carbocycles. The maximum atomic E-state index is 11.8. The third-order valence-electron chi connectivity index (χ3n) is 3.43. The minimum absolute atomic E-state index is 0.109. The summed E-state index contributed by atoms with van der Waals surface area (Å²) in [7, 11) is 1.49. The Labute approximate surface area is 135 Å². The average molecular weight is 322 g/mol. The summed E-state index contributed by atoms with van der Waals surface area (Å²) in [5.41, 5.74) is -1.01. The molecule has 126 valence electrons. The topological polar surface area (TPSA) is 105 Å². The van der Waals surface area contributed by atoms with Crippen LogP contribution in [-0.4, -0.2) is 43.0 Å². The zero-order chi connectivity index (χ0) is 17.1. The molecule has 3 N–H and O–H groups in total. The number of nitrogens with one attached hydrogen (secondary N) is 2. The number of hydrogen-bond acceptors (Lipinski definition) is 6. The van der Waals surface area contributed by atoms with Crippen LogP contribution in [0.1, 0.15) is 25.7 Å². The number of carboxylic acids is 1. The van der Waals surface area contributed by atoms with E-state index >= 15 is 0 Å². The van der Waals surface area contributed by atoms with Gasteiger partial charge in [0.25, 0.3) is 0 Å². The quantitative estimate of drug-likeness (QED) is 0.304. The fourth-order valence-corrected chi connectivity index (χ4v) is 2.24. The lowest BCUT2D eigenvalue weighted by Crippen LogP contribution is -2.58. The number of unbranched alkanes of at least 4 members (excludes halogenated alkanes) is 2. The predicted octanol–water partition coefficient (Wildman–Crippen LogP) is 1.44. The summed E-state index contributed by atoms with van der Waals surface area (Å²) in [4.78, 5) is 32.9. The summed E-state index contributed by atoms with van der Waals surface area (Å²) in [6.07, 6.45) is 3.08. The molecule has 1 rings (SSSR count). The van der Waals surface area contributed by atoms with E-state index in [0.717, 1.165) is 6.29 Å². The molecule has 0 saturated carbocycles. The Morgan fingerprint density at radius 1 is 1.26 bits per heavy atom. The van der Waals surface area contributed by atoms with E-state index in [1.807, 2.05) is 0 Å². The van der Waals surface area contributed by atoms with Gasteiger partial charge < -0.3 is 24.7 Å². The number of hydrogen-bond donors (Lipinski definition) is 3. The van der Waals surface area contributed by atoms with Gasteiger partial charge in [-0.25, -0.2) is 4.79 Å². The number of benzene rings is 1. The summed E-state index contributed by atoms with van der Waals surface area (Å²) >= 11 is 0. The highest BCUT2D eigenvalue weighted by molar-refractivity contribution is 5.83. The zero-order valence-corrected chi connectivity index (χ0v) is 13.1. The molecular formula is C16H22N2O5. The van der Waals surface area contributed by atoms with Crippen molar-refractivity contribution in [1.82, 2.24) is 5.32 Å². The minimum Gasteiger partial charge on any atom is -0.495 e. The molecule has 1 aromatic rings. The van der Waals surface area contributed by atoms with Gasteiger partial charge in [0.05, 0.1) is 19.3 Å². The lowest BCUT2D eigenvalue weighted by Gasteiger charge is -2.32. The number of carboxylic acid groups (broad SMARTS) is 1. The number of anilines is 1. The van der Waals surface area contributed by atoms with Crippen LogP contribution in [0.2, 0.25) is 0 Å². The highest BCUT2D eigenvalue weighted by Crippen LogP contribution is 2.28. The van der Waals surface area contributed by atoms with Crippen molar-refractivity contribution in [3.8, 4) is 5.75 Å². The van der Waals surface area contributed by atoms with Crippen molar-refractivity contribution in [3.63, 3.8) is 0 Å². The largest absolute Gasteiger partial charge is 0.495 e. The summed E-state index contributed by atoms with van der Waals surface area (Å²) < 4.78 is 5.22. The van der Waals surface area contributed by atoms with Gasteiger partial charge in [-0.1, -0.05) is 12.1 Å². The van der Waals surface area contributed by atoms with Crippen LogP contribution in [0.3, 0.4) is 0 Å². The smallest absolute Gasteiger partial charge is 0.344 e. The van der Waals surface area contributed by atoms with E-state index in [0.29, 0.717) is 37.0 Å². The number of aldehydes is 2. The lowest BCUT2D eigenvalue weighted by molar-refractivity contribution is -0.144. The number of ether oxygens (including phenoxy) is 1. The third-order valence-corrected chi connectivity index (χ3v) is 3.43. The van der Waals surface area contributed by atoms with Gasteiger partial charge >= 0.3 is 5.97 Å². The van der Waals surface area contributed by atoms with E-state index in [1.54, 1.807) is 24.3 Å². The van der Waals surface area contributed by atoms with Crippen molar-refractivity contribution >= 4 is 24.2 Å². The Hall–Kier alpha value is -2.41. The number of methoxy groups -OCH3 is 1. The maximum Gasteiger partial charge on any atom is 0.344 e. The van der Waals surface area contributed by atoms with Gasteiger partial charge in [-0.3, -0.25) is 5.32 Å². The summed E-state index contributed by atoms with van der Waals surface area (Å²) in [5.74, 6) is -0.629. The summed E-state index contributed by atoms with van der Waals surface area (Å²) in [6.45, 7) is -0.109. The SMILES string of the molecule is COc1ccccc1NC(CCCCC=O)(NCC=O)C(=O)O. The number of carbonyl (C=O) groups is 3. The highest BCUT2D eigenvalue weighted by Gasteiger charge is 2.38. The molecule has 0 spiro atoms. The van der Waals surface area contributed by atoms with Crippen LogP contribution < -0.4 is 15.4 Å². The van der Waals surface area contributed by atoms with E-state index in [4.69, 9.17) is 4.74 Å². The molecule has 0 heterocycles. The van der Waals surface area contributed by atoms with Gasteiger partial charge in [-0.2, -0.15) is 0 Å². The molecule has 7 heteroatoms. The molecule has 0 aliphatic heterocycles. The second-order valence-corrected chi connectivity index (χ2v) is 5.00. The van der Waals surface area contributed by atoms with E-state index < -0.39 is 11.6 Å². The summed E-state index contributed by atoms with van der Waals surface area (Å²) in [6, 6.07) is 6.94. The number of aliphatic carboxylic acids is 1. The minimum atomic E-state index is -1.52. The van der Waals surface area contributed by atoms with Crippen LogP contribution in [-0.2, 0) is 14.4 Å². The van der Waals surface area contributed by atoms with Gasteiger partial charge in [0, 0.05) is 6.42 Å². The van der Waals surface area contributed by atoms with Crippen molar-refractivity contribution in [2.75, 3.05) is 19.0 Å². The Morgan fingerprint density at radius 2 is 2.00 bits per heavy atom. The molecular weight excluding hydrogens is 300 g/mol. The van der Waals surface area contributed by atoms with E-state index in [-0.39, 0.29) is 13.0 Å². The van der Waals surface area contributed by atoms with Crippen LogP contribution in [0.25, 0.3) is 0 Å². The Balaban J connectivity index is 3.01. The molecule has 0 aromatic heterocycles. The lowest BCUT2D eigenvalue weighted by atomic mass is 10.0. The molecule has 0 aliphatic rings. The Bertz CT molecular complexity index is 535. The van der Waals surface area contributed by atoms with Crippen molar-refractivity contribution in [1.29, 1.82) is 0 Å². The second kappa shape index (κ2) is 9.58. The monoisotopic (exact) mass is 322 g/mol. The van der Waals surface area contributed by atoms with Gasteiger partial charge in [0.15, 0.2) is 5.66 Å². The molecule has 0 fully saturated rings. The number of para-hydroxylation sites is 2. The number of carbonyl (C=O) groups excluding carboxylic acids is 2. The first-order valence-electron chi connectivity index (χ1n) is 7.36. The van der Waals surface area contributed by atoms with Gasteiger partial charge in [-0.15, -0.1) is 0 Å². The van der Waals surface area contributed by atoms with Crippen LogP contribution >= 0.6 is 0 Å². The molecule has 1 atom stereocenters. The van der Waals surface area contributed by atoms with Crippen molar-refractivity contribution in [3.05, 3.63) is 24.3 Å². The Kier molecular flexibility index (Phi) is 7.76. The van der Waals surface area contributed by atoms with Crippen molar-refractivity contribution < 1.29 is 24.2 Å². The summed E-state index contributed by atoms with van der Waals surface area (Å²) in [5, 5.41) is 15.4. The molecule has 7 nitrogen and oxygen atoms in total. The molecule has 0 saturated heterocycles. The first-order chi connectivity index (χ1) is 11.1. The first kappa shape index (κ1) is 18.6. The van der Waals surface area contributed by atoms with E-state index in [1.165, 1.54) is 7.11 Å². The van der Waals surface area contributed by atoms with Crippen molar-refractivity contribution in [2.24, 2.45) is 0 Å². The normalized spacial score (nSPS) is 12.9. The molecule has 1 unspecified atom stereocenters. The molecule has 0 bridgehead atoms. The maximum absolute atomic E-state index is 11.8. The van der Waals surface area contributed by atoms with Crippen LogP contribution in [0.4, 0.5) is 5.69 Å². The van der Waals surface area contributed by atoms with Gasteiger partial charge in [0.1, 0.15) is 18.3 Å². The number of rotatable bonds is 12. The third kappa shape index (κ3) is 5.37. The average Bonchev–Trinajstić information content (AvgIpc) is 2.56. The fourth-order valence-electron chi connectivity index (χ4n) is 2.24. The molecule has 0 amide bonds. The molecule has 0 aliphatic carbocycles. The zero-order valence-electron chi connectivity index (χ0n) is 13.1. The standard InChI is InChI=1S/C16H22N2O5/c1-23-14-8-4-3-7-13(14)18-16(15(21)22,17-10-12-20)9-5-2-6-11-19/h3-4,7-8,11-12,17-18H,2,5-6,9-10H2,1H3,(H,21,22). The first-order valence-corrected chi connectivity index (χ1v) is 7.36. The second-order valence-electron chi connectivity index (χ2n) is 5.00. The van der Waals surface area contributed by atoms with Gasteiger partial charge in [0.2, 0.25) is 0 Å². The van der Waals surface area contributed by atoms with Crippen LogP contribution in [0, 0.1) is 0 Å². The molecule has 0 radical (unpaired) electrons. The van der Waals surface area contributed by atoms with Crippen LogP contribution in [0.5, 0.6) is 5.75 Å². The van der Waals surface area contributed by atoms with Crippen molar-refractivity contribution in [2.45, 2.75) is 31.3 Å². The van der Waals surface area contributed by atoms with Crippen LogP contribution in [0.15, 0.2) is 24.3 Å². The van der Waals surface area contributed by atoms with E-state index in [2.05, 4.69) is 10.6 Å². The van der Waals surface area contributed by atoms with Gasteiger partial charge in [-0.05, 0) is 31.4 Å². The highest BCUT2D eigenvalue weighted by atomic mass is 16.5.